The highest BCUT2D eigenvalue weighted by molar-refractivity contribution is 5.78. The second-order valence-corrected chi connectivity index (χ2v) is 5.08. The van der Waals surface area contributed by atoms with Gasteiger partial charge in [0.2, 0.25) is 5.91 Å². The second kappa shape index (κ2) is 7.85. The van der Waals surface area contributed by atoms with Gasteiger partial charge < -0.3 is 25.2 Å². The van der Waals surface area contributed by atoms with E-state index in [2.05, 4.69) is 10.6 Å². The molecule has 0 radical (unpaired) electrons. The van der Waals surface area contributed by atoms with Gasteiger partial charge in [0.1, 0.15) is 12.7 Å². The Kier molecular flexibility index (Phi) is 5.83. The lowest BCUT2D eigenvalue weighted by molar-refractivity contribution is -0.119. The van der Waals surface area contributed by atoms with Gasteiger partial charge in [0.25, 0.3) is 0 Å². The second-order valence-electron chi connectivity index (χ2n) is 5.08. The van der Waals surface area contributed by atoms with Gasteiger partial charge in [0.05, 0.1) is 7.11 Å². The normalized spacial score (nSPS) is 19.1. The third-order valence-electron chi connectivity index (χ3n) is 3.36. The summed E-state index contributed by atoms with van der Waals surface area (Å²) in [5.41, 5.74) is 0. The van der Waals surface area contributed by atoms with Gasteiger partial charge in [0, 0.05) is 25.6 Å². The van der Waals surface area contributed by atoms with Crippen LogP contribution in [0.15, 0.2) is 24.3 Å². The molecule has 0 spiro atoms. The van der Waals surface area contributed by atoms with Crippen LogP contribution in [0.2, 0.25) is 0 Å². The summed E-state index contributed by atoms with van der Waals surface area (Å²) >= 11 is 0. The van der Waals surface area contributed by atoms with Crippen molar-refractivity contribution >= 4 is 5.91 Å². The maximum atomic E-state index is 11.1. The highest BCUT2D eigenvalue weighted by Crippen LogP contribution is 2.25. The van der Waals surface area contributed by atoms with Crippen LogP contribution in [0.4, 0.5) is 0 Å². The lowest BCUT2D eigenvalue weighted by atomic mass is 10.2. The largest absolute Gasteiger partial charge is 0.493 e. The summed E-state index contributed by atoms with van der Waals surface area (Å²) in [6.07, 6.45) is 0.817. The Balaban J connectivity index is 1.65. The molecule has 0 aliphatic carbocycles. The molecule has 2 unspecified atom stereocenters. The summed E-state index contributed by atoms with van der Waals surface area (Å²) < 4.78 is 10.7. The first kappa shape index (κ1) is 15.6. The summed E-state index contributed by atoms with van der Waals surface area (Å²) in [4.78, 5) is 11.1. The molecule has 1 aliphatic heterocycles. The van der Waals surface area contributed by atoms with Crippen LogP contribution in [-0.4, -0.2) is 50.0 Å². The van der Waals surface area contributed by atoms with E-state index in [0.29, 0.717) is 31.0 Å². The third-order valence-corrected chi connectivity index (χ3v) is 3.36. The zero-order valence-corrected chi connectivity index (χ0v) is 12.2. The van der Waals surface area contributed by atoms with Gasteiger partial charge in [-0.25, -0.2) is 0 Å². The van der Waals surface area contributed by atoms with Gasteiger partial charge >= 0.3 is 0 Å². The molecule has 6 nitrogen and oxygen atoms in total. The number of rotatable bonds is 8. The van der Waals surface area contributed by atoms with E-state index >= 15 is 0 Å². The molecule has 6 heteroatoms. The number of benzene rings is 1. The number of amides is 1. The summed E-state index contributed by atoms with van der Waals surface area (Å²) in [5, 5.41) is 15.9. The molecule has 0 saturated carbocycles. The predicted octanol–water partition coefficient (Wildman–Crippen LogP) is 0.303. The summed E-state index contributed by atoms with van der Waals surface area (Å²) in [6, 6.07) is 7.49. The van der Waals surface area contributed by atoms with E-state index < -0.39 is 6.10 Å². The van der Waals surface area contributed by atoms with Crippen molar-refractivity contribution in [1.82, 2.24) is 10.6 Å². The van der Waals surface area contributed by atoms with Crippen molar-refractivity contribution in [3.05, 3.63) is 24.3 Å². The molecule has 1 aromatic carbocycles. The van der Waals surface area contributed by atoms with Crippen molar-refractivity contribution in [3.8, 4) is 11.5 Å². The lowest BCUT2D eigenvalue weighted by Crippen LogP contribution is -2.40. The molecule has 1 aromatic rings. The van der Waals surface area contributed by atoms with E-state index in [4.69, 9.17) is 9.47 Å². The van der Waals surface area contributed by atoms with Crippen molar-refractivity contribution in [1.29, 1.82) is 0 Å². The average molecular weight is 294 g/mol. The van der Waals surface area contributed by atoms with Crippen LogP contribution < -0.4 is 20.1 Å². The van der Waals surface area contributed by atoms with E-state index in [1.807, 2.05) is 18.2 Å². The number of ether oxygens (including phenoxy) is 2. The Morgan fingerprint density at radius 2 is 2.19 bits per heavy atom. The van der Waals surface area contributed by atoms with Crippen LogP contribution in [0.1, 0.15) is 12.8 Å². The molecule has 2 rings (SSSR count). The molecule has 1 heterocycles. The first-order valence-electron chi connectivity index (χ1n) is 7.13. The molecule has 3 N–H and O–H groups in total. The maximum Gasteiger partial charge on any atom is 0.220 e. The molecule has 1 aliphatic rings. The number of para-hydroxylation sites is 2. The number of hydrogen-bond donors (Lipinski definition) is 3. The van der Waals surface area contributed by atoms with Gasteiger partial charge in [-0.1, -0.05) is 12.1 Å². The fourth-order valence-electron chi connectivity index (χ4n) is 2.24. The molecule has 116 valence electrons. The van der Waals surface area contributed by atoms with Crippen molar-refractivity contribution in [2.24, 2.45) is 0 Å². The van der Waals surface area contributed by atoms with Gasteiger partial charge in [-0.2, -0.15) is 0 Å². The van der Waals surface area contributed by atoms with Crippen molar-refractivity contribution in [3.63, 3.8) is 0 Å². The first-order chi connectivity index (χ1) is 10.2. The minimum absolute atomic E-state index is 0.0989. The highest BCUT2D eigenvalue weighted by Gasteiger charge is 2.20. The Hall–Kier alpha value is -1.79. The Bertz CT molecular complexity index is 467. The fourth-order valence-corrected chi connectivity index (χ4v) is 2.24. The van der Waals surface area contributed by atoms with Crippen molar-refractivity contribution in [2.45, 2.75) is 25.0 Å². The third kappa shape index (κ3) is 4.91. The van der Waals surface area contributed by atoms with Crippen LogP contribution in [0.25, 0.3) is 0 Å². The van der Waals surface area contributed by atoms with E-state index in [0.717, 1.165) is 6.42 Å². The Morgan fingerprint density at radius 3 is 2.86 bits per heavy atom. The molecular weight excluding hydrogens is 272 g/mol. The zero-order valence-electron chi connectivity index (χ0n) is 12.2. The molecule has 1 saturated heterocycles. The molecule has 2 atom stereocenters. The predicted molar refractivity (Wildman–Crippen MR) is 78.5 cm³/mol. The summed E-state index contributed by atoms with van der Waals surface area (Å²) in [5.74, 6) is 1.36. The number of methoxy groups -OCH3 is 1. The van der Waals surface area contributed by atoms with Crippen molar-refractivity contribution < 1.29 is 19.4 Å². The van der Waals surface area contributed by atoms with Crippen molar-refractivity contribution in [2.75, 3.05) is 26.8 Å². The van der Waals surface area contributed by atoms with E-state index in [9.17, 15) is 9.90 Å². The molecule has 0 aromatic heterocycles. The monoisotopic (exact) mass is 294 g/mol. The number of carbonyl (C=O) groups excluding carboxylic acids is 1. The van der Waals surface area contributed by atoms with Gasteiger partial charge in [-0.15, -0.1) is 0 Å². The standard InChI is InChI=1S/C15H22N2O4/c1-20-13-4-2-3-5-14(13)21-10-12(18)9-16-8-11-6-7-15(19)17-11/h2-5,11-12,16,18H,6-10H2,1H3,(H,17,19). The fraction of sp³-hybridized carbons (Fsp3) is 0.533. The topological polar surface area (TPSA) is 79.8 Å². The average Bonchev–Trinajstić information content (AvgIpc) is 2.91. The molecule has 0 bridgehead atoms. The molecular formula is C15H22N2O4. The summed E-state index contributed by atoms with van der Waals surface area (Å²) in [7, 11) is 1.58. The summed E-state index contributed by atoms with van der Waals surface area (Å²) in [6.45, 7) is 1.27. The van der Waals surface area contributed by atoms with Gasteiger partial charge in [-0.3, -0.25) is 4.79 Å². The first-order valence-corrected chi connectivity index (χ1v) is 7.13. The smallest absolute Gasteiger partial charge is 0.220 e. The van der Waals surface area contributed by atoms with E-state index in [1.165, 1.54) is 0 Å². The van der Waals surface area contributed by atoms with Crippen LogP contribution in [0.5, 0.6) is 11.5 Å². The number of aliphatic hydroxyl groups excluding tert-OH is 1. The SMILES string of the molecule is COc1ccccc1OCC(O)CNCC1CCC(=O)N1. The molecule has 1 fully saturated rings. The zero-order chi connectivity index (χ0) is 15.1. The number of hydrogen-bond acceptors (Lipinski definition) is 5. The lowest BCUT2D eigenvalue weighted by Gasteiger charge is -2.16. The number of nitrogens with one attached hydrogen (secondary N) is 2. The van der Waals surface area contributed by atoms with Gasteiger partial charge in [0.15, 0.2) is 11.5 Å². The quantitative estimate of drug-likeness (QED) is 0.643. The van der Waals surface area contributed by atoms with E-state index in [1.54, 1.807) is 13.2 Å². The van der Waals surface area contributed by atoms with Gasteiger partial charge in [-0.05, 0) is 18.6 Å². The Morgan fingerprint density at radius 1 is 1.43 bits per heavy atom. The minimum atomic E-state index is -0.619. The highest BCUT2D eigenvalue weighted by atomic mass is 16.5. The Labute approximate surface area is 124 Å². The maximum absolute atomic E-state index is 11.1. The van der Waals surface area contributed by atoms with Crippen LogP contribution >= 0.6 is 0 Å². The van der Waals surface area contributed by atoms with Crippen LogP contribution in [0, 0.1) is 0 Å². The minimum Gasteiger partial charge on any atom is -0.493 e. The number of aliphatic hydroxyl groups is 1. The molecule has 1 amide bonds. The van der Waals surface area contributed by atoms with Crippen LogP contribution in [-0.2, 0) is 4.79 Å². The van der Waals surface area contributed by atoms with E-state index in [-0.39, 0.29) is 18.6 Å². The molecule has 21 heavy (non-hydrogen) atoms. The van der Waals surface area contributed by atoms with Crippen LogP contribution in [0.3, 0.4) is 0 Å². The number of carbonyl (C=O) groups is 1.